The Kier molecular flexibility index (Phi) is 8.33. The van der Waals surface area contributed by atoms with E-state index in [4.69, 9.17) is 9.47 Å². The molecule has 0 radical (unpaired) electrons. The van der Waals surface area contributed by atoms with Crippen LogP contribution in [0.1, 0.15) is 20.8 Å². The van der Waals surface area contributed by atoms with Crippen LogP contribution in [0.3, 0.4) is 0 Å². The Morgan fingerprint density at radius 3 is 2.53 bits per heavy atom. The van der Waals surface area contributed by atoms with Crippen LogP contribution in [0.15, 0.2) is 0 Å². The van der Waals surface area contributed by atoms with Crippen molar-refractivity contribution >= 4 is 5.97 Å². The smallest absolute Gasteiger partial charge is 0.309 e. The fraction of sp³-hybridized carbons (Fsp3) is 0.909. The fourth-order valence-corrected chi connectivity index (χ4v) is 1.28. The average Bonchev–Trinajstić information content (AvgIpc) is 2.18. The van der Waals surface area contributed by atoms with Gasteiger partial charge in [-0.3, -0.25) is 4.79 Å². The van der Waals surface area contributed by atoms with Gasteiger partial charge in [-0.05, 0) is 20.9 Å². The Morgan fingerprint density at radius 2 is 2.00 bits per heavy atom. The zero-order valence-electron chi connectivity index (χ0n) is 10.3. The van der Waals surface area contributed by atoms with Crippen LogP contribution in [0, 0.1) is 5.92 Å². The van der Waals surface area contributed by atoms with E-state index in [-0.39, 0.29) is 11.9 Å². The molecule has 0 bridgehead atoms. The normalized spacial score (nSPS) is 12.9. The molecule has 4 nitrogen and oxygen atoms in total. The Hall–Kier alpha value is -0.610. The first kappa shape index (κ1) is 14.4. The van der Waals surface area contributed by atoms with E-state index in [1.54, 1.807) is 0 Å². The van der Waals surface area contributed by atoms with Crippen LogP contribution >= 0.6 is 0 Å². The van der Waals surface area contributed by atoms with Gasteiger partial charge >= 0.3 is 5.97 Å². The first-order chi connectivity index (χ1) is 7.11. The molecule has 0 aromatic rings. The molecule has 0 aliphatic carbocycles. The molecule has 0 spiro atoms. The van der Waals surface area contributed by atoms with Crippen molar-refractivity contribution in [3.05, 3.63) is 0 Å². The highest BCUT2D eigenvalue weighted by Gasteiger charge is 2.15. The summed E-state index contributed by atoms with van der Waals surface area (Å²) < 4.78 is 10.2. The SMILES string of the molecule is CCOCCN(C)CC(C)C(=O)OCC. The molecule has 90 valence electrons. The molecule has 0 aliphatic rings. The van der Waals surface area contributed by atoms with Gasteiger partial charge in [-0.2, -0.15) is 0 Å². The number of nitrogens with zero attached hydrogens (tertiary/aromatic N) is 1. The van der Waals surface area contributed by atoms with Gasteiger partial charge in [0.1, 0.15) is 0 Å². The van der Waals surface area contributed by atoms with Gasteiger partial charge in [0.15, 0.2) is 0 Å². The number of likely N-dealkylation sites (N-methyl/N-ethyl adjacent to an activating group) is 1. The summed E-state index contributed by atoms with van der Waals surface area (Å²) in [4.78, 5) is 13.4. The molecule has 0 fully saturated rings. The van der Waals surface area contributed by atoms with E-state index in [1.165, 1.54) is 0 Å². The van der Waals surface area contributed by atoms with Gasteiger partial charge in [0.25, 0.3) is 0 Å². The van der Waals surface area contributed by atoms with E-state index in [1.807, 2.05) is 27.8 Å². The van der Waals surface area contributed by atoms with Crippen molar-refractivity contribution in [1.29, 1.82) is 0 Å². The zero-order chi connectivity index (χ0) is 11.7. The van der Waals surface area contributed by atoms with Crippen molar-refractivity contribution in [1.82, 2.24) is 4.90 Å². The molecule has 15 heavy (non-hydrogen) atoms. The molecule has 0 saturated heterocycles. The highest BCUT2D eigenvalue weighted by molar-refractivity contribution is 5.72. The Labute approximate surface area is 92.5 Å². The molecule has 1 atom stereocenters. The van der Waals surface area contributed by atoms with Gasteiger partial charge < -0.3 is 14.4 Å². The molecular formula is C11H23NO3. The second kappa shape index (κ2) is 8.68. The molecule has 0 rings (SSSR count). The summed E-state index contributed by atoms with van der Waals surface area (Å²) in [6.45, 7) is 9.14. The summed E-state index contributed by atoms with van der Waals surface area (Å²) in [7, 11) is 1.98. The largest absolute Gasteiger partial charge is 0.466 e. The molecule has 0 amide bonds. The highest BCUT2D eigenvalue weighted by atomic mass is 16.5. The predicted molar refractivity (Wildman–Crippen MR) is 59.8 cm³/mol. The minimum absolute atomic E-state index is 0.0726. The first-order valence-electron chi connectivity index (χ1n) is 5.54. The van der Waals surface area contributed by atoms with Crippen molar-refractivity contribution in [2.24, 2.45) is 5.92 Å². The Bertz CT molecular complexity index is 173. The molecule has 0 N–H and O–H groups in total. The lowest BCUT2D eigenvalue weighted by Gasteiger charge is -2.19. The van der Waals surface area contributed by atoms with E-state index in [9.17, 15) is 4.79 Å². The van der Waals surface area contributed by atoms with Gasteiger partial charge in [-0.15, -0.1) is 0 Å². The van der Waals surface area contributed by atoms with Gasteiger partial charge in [0.2, 0.25) is 0 Å². The molecule has 0 aromatic heterocycles. The third-order valence-electron chi connectivity index (χ3n) is 2.10. The molecule has 0 aromatic carbocycles. The maximum atomic E-state index is 11.3. The predicted octanol–water partition coefficient (Wildman–Crippen LogP) is 1.15. The van der Waals surface area contributed by atoms with Crippen LogP contribution in [0.25, 0.3) is 0 Å². The first-order valence-corrected chi connectivity index (χ1v) is 5.54. The van der Waals surface area contributed by atoms with Crippen molar-refractivity contribution in [2.45, 2.75) is 20.8 Å². The third-order valence-corrected chi connectivity index (χ3v) is 2.10. The van der Waals surface area contributed by atoms with E-state index in [0.29, 0.717) is 19.8 Å². The second-order valence-electron chi connectivity index (χ2n) is 3.61. The van der Waals surface area contributed by atoms with E-state index in [2.05, 4.69) is 4.90 Å². The lowest BCUT2D eigenvalue weighted by atomic mass is 10.2. The van der Waals surface area contributed by atoms with Crippen LogP contribution in [-0.4, -0.2) is 50.8 Å². The molecule has 4 heteroatoms. The highest BCUT2D eigenvalue weighted by Crippen LogP contribution is 2.01. The van der Waals surface area contributed by atoms with Crippen molar-refractivity contribution in [3.63, 3.8) is 0 Å². The lowest BCUT2D eigenvalue weighted by molar-refractivity contribution is -0.147. The van der Waals surface area contributed by atoms with Crippen LogP contribution in [-0.2, 0) is 14.3 Å². The topological polar surface area (TPSA) is 38.8 Å². The van der Waals surface area contributed by atoms with Gasteiger partial charge in [-0.1, -0.05) is 6.92 Å². The van der Waals surface area contributed by atoms with Gasteiger partial charge in [-0.25, -0.2) is 0 Å². The quantitative estimate of drug-likeness (QED) is 0.451. The number of esters is 1. The standard InChI is InChI=1S/C11H23NO3/c1-5-14-8-7-12(4)9-10(3)11(13)15-6-2/h10H,5-9H2,1-4H3. The number of rotatable bonds is 8. The van der Waals surface area contributed by atoms with Gasteiger partial charge in [0.05, 0.1) is 19.1 Å². The van der Waals surface area contributed by atoms with Gasteiger partial charge in [0, 0.05) is 19.7 Å². The van der Waals surface area contributed by atoms with E-state index >= 15 is 0 Å². The van der Waals surface area contributed by atoms with Crippen LogP contribution in [0.2, 0.25) is 0 Å². The summed E-state index contributed by atoms with van der Waals surface area (Å²) in [6, 6.07) is 0. The van der Waals surface area contributed by atoms with Crippen LogP contribution in [0.5, 0.6) is 0 Å². The molecule has 0 heterocycles. The molecule has 0 saturated carbocycles. The number of hydrogen-bond acceptors (Lipinski definition) is 4. The molecule has 0 aliphatic heterocycles. The summed E-state index contributed by atoms with van der Waals surface area (Å²) in [5.41, 5.74) is 0. The average molecular weight is 217 g/mol. The number of hydrogen-bond donors (Lipinski definition) is 0. The minimum Gasteiger partial charge on any atom is -0.466 e. The maximum absolute atomic E-state index is 11.3. The number of ether oxygens (including phenoxy) is 2. The monoisotopic (exact) mass is 217 g/mol. The van der Waals surface area contributed by atoms with Crippen molar-refractivity contribution in [3.8, 4) is 0 Å². The zero-order valence-corrected chi connectivity index (χ0v) is 10.3. The van der Waals surface area contributed by atoms with Crippen LogP contribution < -0.4 is 0 Å². The summed E-state index contributed by atoms with van der Waals surface area (Å²) in [6.07, 6.45) is 0. The molecular weight excluding hydrogens is 194 g/mol. The fourth-order valence-electron chi connectivity index (χ4n) is 1.28. The van der Waals surface area contributed by atoms with Crippen LogP contribution in [0.4, 0.5) is 0 Å². The number of carbonyl (C=O) groups excluding carboxylic acids is 1. The Morgan fingerprint density at radius 1 is 1.33 bits per heavy atom. The van der Waals surface area contributed by atoms with Crippen molar-refractivity contribution in [2.75, 3.05) is 40.0 Å². The molecule has 1 unspecified atom stereocenters. The Balaban J connectivity index is 3.65. The maximum Gasteiger partial charge on any atom is 0.309 e. The third kappa shape index (κ3) is 7.33. The summed E-state index contributed by atoms with van der Waals surface area (Å²) >= 11 is 0. The second-order valence-corrected chi connectivity index (χ2v) is 3.61. The van der Waals surface area contributed by atoms with E-state index in [0.717, 1.165) is 13.2 Å². The minimum atomic E-state index is -0.124. The lowest BCUT2D eigenvalue weighted by Crippen LogP contribution is -2.32. The number of carbonyl (C=O) groups is 1. The summed E-state index contributed by atoms with van der Waals surface area (Å²) in [5, 5.41) is 0. The summed E-state index contributed by atoms with van der Waals surface area (Å²) in [5.74, 6) is -0.197. The van der Waals surface area contributed by atoms with E-state index < -0.39 is 0 Å². The van der Waals surface area contributed by atoms with Crippen molar-refractivity contribution < 1.29 is 14.3 Å².